The monoisotopic (exact) mass is 457 g/mol. The second-order valence-electron chi connectivity index (χ2n) is 8.65. The Hall–Kier alpha value is -2.89. The van der Waals surface area contributed by atoms with E-state index in [0.29, 0.717) is 63.4 Å². The zero-order chi connectivity index (χ0) is 23.5. The standard InChI is InChI=1S/C25H26F3N3O2/c26-25(27,28)22-3-1-2-21(16-22)24(8-14-33-15-9-24)23(32)31-12-10-30(11-13-31)18-20-6-4-19(17-29)5-7-20/h1-7,16H,8-15,18H2. The van der Waals surface area contributed by atoms with E-state index in [1.807, 2.05) is 12.1 Å². The van der Waals surface area contributed by atoms with Crippen LogP contribution < -0.4 is 0 Å². The summed E-state index contributed by atoms with van der Waals surface area (Å²) in [7, 11) is 0. The normalized spacial score (nSPS) is 19.2. The Kier molecular flexibility index (Phi) is 6.73. The number of alkyl halides is 3. The van der Waals surface area contributed by atoms with Crippen molar-refractivity contribution in [2.75, 3.05) is 39.4 Å². The highest BCUT2D eigenvalue weighted by molar-refractivity contribution is 5.88. The topological polar surface area (TPSA) is 56.6 Å². The number of carbonyl (C=O) groups excluding carboxylic acids is 1. The molecule has 4 rings (SSSR count). The van der Waals surface area contributed by atoms with Gasteiger partial charge in [0.05, 0.1) is 22.6 Å². The first-order valence-corrected chi connectivity index (χ1v) is 11.1. The maximum Gasteiger partial charge on any atom is 0.416 e. The Morgan fingerprint density at radius 3 is 2.30 bits per heavy atom. The molecule has 0 bridgehead atoms. The highest BCUT2D eigenvalue weighted by Gasteiger charge is 2.45. The van der Waals surface area contributed by atoms with Crippen molar-refractivity contribution in [1.82, 2.24) is 9.80 Å². The van der Waals surface area contributed by atoms with Gasteiger partial charge in [0, 0.05) is 45.9 Å². The summed E-state index contributed by atoms with van der Waals surface area (Å²) in [5.74, 6) is -0.108. The van der Waals surface area contributed by atoms with Crippen molar-refractivity contribution in [3.8, 4) is 6.07 Å². The van der Waals surface area contributed by atoms with Crippen LogP contribution in [0.25, 0.3) is 0 Å². The molecule has 2 saturated heterocycles. The number of hydrogen-bond donors (Lipinski definition) is 0. The van der Waals surface area contributed by atoms with E-state index in [2.05, 4.69) is 11.0 Å². The van der Waals surface area contributed by atoms with Crippen LogP contribution in [-0.4, -0.2) is 55.1 Å². The van der Waals surface area contributed by atoms with E-state index in [1.165, 1.54) is 6.07 Å². The minimum Gasteiger partial charge on any atom is -0.381 e. The lowest BCUT2D eigenvalue weighted by atomic mass is 9.72. The lowest BCUT2D eigenvalue weighted by Crippen LogP contribution is -2.55. The van der Waals surface area contributed by atoms with Crippen LogP contribution >= 0.6 is 0 Å². The maximum atomic E-state index is 13.7. The predicted molar refractivity (Wildman–Crippen MR) is 116 cm³/mol. The van der Waals surface area contributed by atoms with Crippen molar-refractivity contribution in [2.24, 2.45) is 0 Å². The summed E-state index contributed by atoms with van der Waals surface area (Å²) in [4.78, 5) is 17.7. The quantitative estimate of drug-likeness (QED) is 0.697. The molecule has 0 aromatic heterocycles. The van der Waals surface area contributed by atoms with Crippen LogP contribution in [0.1, 0.15) is 35.1 Å². The second kappa shape index (κ2) is 9.54. The van der Waals surface area contributed by atoms with E-state index in [0.717, 1.165) is 24.2 Å². The number of nitrogens with zero attached hydrogens (tertiary/aromatic N) is 3. The van der Waals surface area contributed by atoms with Gasteiger partial charge in [-0.25, -0.2) is 0 Å². The number of amides is 1. The fourth-order valence-corrected chi connectivity index (χ4v) is 4.69. The Balaban J connectivity index is 1.47. The predicted octanol–water partition coefficient (Wildman–Crippen LogP) is 3.97. The molecule has 2 aliphatic heterocycles. The summed E-state index contributed by atoms with van der Waals surface area (Å²) in [6.07, 6.45) is -3.71. The van der Waals surface area contributed by atoms with Crippen molar-refractivity contribution in [2.45, 2.75) is 31.0 Å². The number of benzene rings is 2. The molecule has 5 nitrogen and oxygen atoms in total. The fraction of sp³-hybridized carbons (Fsp3) is 0.440. The summed E-state index contributed by atoms with van der Waals surface area (Å²) in [5.41, 5.74) is 0.412. The summed E-state index contributed by atoms with van der Waals surface area (Å²) in [5, 5.41) is 8.94. The van der Waals surface area contributed by atoms with Crippen molar-refractivity contribution in [3.63, 3.8) is 0 Å². The van der Waals surface area contributed by atoms with E-state index in [4.69, 9.17) is 10.00 Å². The van der Waals surface area contributed by atoms with Crippen LogP contribution in [0.4, 0.5) is 13.2 Å². The molecule has 2 heterocycles. The fourth-order valence-electron chi connectivity index (χ4n) is 4.69. The minimum atomic E-state index is -4.46. The van der Waals surface area contributed by atoms with Gasteiger partial charge in [-0.05, 0) is 42.2 Å². The highest BCUT2D eigenvalue weighted by Crippen LogP contribution is 2.39. The van der Waals surface area contributed by atoms with E-state index in [-0.39, 0.29) is 5.91 Å². The van der Waals surface area contributed by atoms with Crippen LogP contribution in [0.3, 0.4) is 0 Å². The molecule has 2 aliphatic rings. The molecular weight excluding hydrogens is 431 g/mol. The van der Waals surface area contributed by atoms with Crippen molar-refractivity contribution in [3.05, 3.63) is 70.8 Å². The van der Waals surface area contributed by atoms with Gasteiger partial charge in [-0.15, -0.1) is 0 Å². The van der Waals surface area contributed by atoms with Gasteiger partial charge in [0.15, 0.2) is 0 Å². The van der Waals surface area contributed by atoms with Crippen LogP contribution in [0.15, 0.2) is 48.5 Å². The molecule has 2 aromatic carbocycles. The second-order valence-corrected chi connectivity index (χ2v) is 8.65. The van der Waals surface area contributed by atoms with Crippen molar-refractivity contribution in [1.29, 1.82) is 5.26 Å². The Morgan fingerprint density at radius 1 is 1.03 bits per heavy atom. The molecular formula is C25H26F3N3O2. The van der Waals surface area contributed by atoms with Gasteiger partial charge >= 0.3 is 6.18 Å². The third-order valence-electron chi connectivity index (χ3n) is 6.65. The molecule has 0 aliphatic carbocycles. The summed E-state index contributed by atoms with van der Waals surface area (Å²) in [6, 6.07) is 14.8. The van der Waals surface area contributed by atoms with E-state index in [9.17, 15) is 18.0 Å². The Labute approximate surface area is 191 Å². The molecule has 8 heteroatoms. The molecule has 33 heavy (non-hydrogen) atoms. The first-order chi connectivity index (χ1) is 15.8. The smallest absolute Gasteiger partial charge is 0.381 e. The Bertz CT molecular complexity index is 1020. The van der Waals surface area contributed by atoms with Crippen molar-refractivity contribution < 1.29 is 22.7 Å². The molecule has 0 atom stereocenters. The molecule has 2 aromatic rings. The molecule has 0 spiro atoms. The first-order valence-electron chi connectivity index (χ1n) is 11.1. The van der Waals surface area contributed by atoms with Crippen LogP contribution in [0.5, 0.6) is 0 Å². The molecule has 2 fully saturated rings. The number of halogens is 3. The van der Waals surface area contributed by atoms with E-state index < -0.39 is 17.2 Å². The summed E-state index contributed by atoms with van der Waals surface area (Å²) in [6.45, 7) is 3.83. The van der Waals surface area contributed by atoms with E-state index in [1.54, 1.807) is 23.1 Å². The van der Waals surface area contributed by atoms with Crippen LogP contribution in [0, 0.1) is 11.3 Å². The van der Waals surface area contributed by atoms with Crippen molar-refractivity contribution >= 4 is 5.91 Å². The minimum absolute atomic E-state index is 0.108. The van der Waals surface area contributed by atoms with Gasteiger partial charge in [-0.2, -0.15) is 18.4 Å². The van der Waals surface area contributed by atoms with Gasteiger partial charge in [-0.1, -0.05) is 30.3 Å². The Morgan fingerprint density at radius 2 is 1.70 bits per heavy atom. The first kappa shape index (κ1) is 23.3. The molecule has 0 saturated carbocycles. The third-order valence-corrected chi connectivity index (χ3v) is 6.65. The maximum absolute atomic E-state index is 13.7. The van der Waals surface area contributed by atoms with Gasteiger partial charge in [-0.3, -0.25) is 9.69 Å². The SMILES string of the molecule is N#Cc1ccc(CN2CCN(C(=O)C3(c4cccc(C(F)(F)F)c4)CCOCC3)CC2)cc1. The summed E-state index contributed by atoms with van der Waals surface area (Å²) < 4.78 is 45.5. The molecule has 0 N–H and O–H groups in total. The van der Waals surface area contributed by atoms with Gasteiger partial charge < -0.3 is 9.64 Å². The average Bonchev–Trinajstić information content (AvgIpc) is 2.84. The number of nitriles is 1. The molecule has 0 unspecified atom stereocenters. The van der Waals surface area contributed by atoms with Gasteiger partial charge in [0.1, 0.15) is 0 Å². The highest BCUT2D eigenvalue weighted by atomic mass is 19.4. The molecule has 174 valence electrons. The zero-order valence-electron chi connectivity index (χ0n) is 18.3. The number of ether oxygens (including phenoxy) is 1. The van der Waals surface area contributed by atoms with Crippen LogP contribution in [-0.2, 0) is 27.7 Å². The number of piperazine rings is 1. The number of carbonyl (C=O) groups is 1. The largest absolute Gasteiger partial charge is 0.416 e. The van der Waals surface area contributed by atoms with Gasteiger partial charge in [0.25, 0.3) is 0 Å². The lowest BCUT2D eigenvalue weighted by Gasteiger charge is -2.43. The van der Waals surface area contributed by atoms with E-state index >= 15 is 0 Å². The number of rotatable bonds is 4. The number of hydrogen-bond acceptors (Lipinski definition) is 4. The third kappa shape index (κ3) is 5.05. The lowest BCUT2D eigenvalue weighted by molar-refractivity contribution is -0.144. The van der Waals surface area contributed by atoms with Gasteiger partial charge in [0.2, 0.25) is 5.91 Å². The summed E-state index contributed by atoms with van der Waals surface area (Å²) >= 11 is 0. The zero-order valence-corrected chi connectivity index (χ0v) is 18.3. The molecule has 0 radical (unpaired) electrons. The van der Waals surface area contributed by atoms with Crippen LogP contribution in [0.2, 0.25) is 0 Å². The molecule has 1 amide bonds. The average molecular weight is 457 g/mol.